The summed E-state index contributed by atoms with van der Waals surface area (Å²) in [6.07, 6.45) is 1.63. The second-order valence-corrected chi connectivity index (χ2v) is 7.45. The van der Waals surface area contributed by atoms with Crippen LogP contribution in [0.3, 0.4) is 0 Å². The molecule has 7 nitrogen and oxygen atoms in total. The summed E-state index contributed by atoms with van der Waals surface area (Å²) in [6, 6.07) is 11.6. The number of para-hydroxylation sites is 1. The van der Waals surface area contributed by atoms with E-state index in [2.05, 4.69) is 9.71 Å². The van der Waals surface area contributed by atoms with Crippen molar-refractivity contribution in [2.45, 2.75) is 17.4 Å². The summed E-state index contributed by atoms with van der Waals surface area (Å²) >= 11 is 0. The molecule has 1 atom stereocenters. The van der Waals surface area contributed by atoms with Crippen LogP contribution in [0.5, 0.6) is 5.75 Å². The zero-order valence-electron chi connectivity index (χ0n) is 13.9. The van der Waals surface area contributed by atoms with Crippen molar-refractivity contribution in [1.82, 2.24) is 9.71 Å². The number of aromatic nitrogens is 1. The van der Waals surface area contributed by atoms with E-state index in [0.29, 0.717) is 11.3 Å². The first-order valence-electron chi connectivity index (χ1n) is 7.83. The Balaban J connectivity index is 1.84. The van der Waals surface area contributed by atoms with Crippen LogP contribution in [0.1, 0.15) is 5.56 Å². The van der Waals surface area contributed by atoms with E-state index in [1.807, 2.05) is 24.3 Å². The molecular weight excluding hydrogens is 356 g/mol. The number of ether oxygens (including phenoxy) is 1. The molecule has 2 N–H and O–H groups in total. The summed E-state index contributed by atoms with van der Waals surface area (Å²) in [5.41, 5.74) is 1.53. The Morgan fingerprint density at radius 1 is 1.19 bits per heavy atom. The number of aliphatic carboxylic acids is 1. The van der Waals surface area contributed by atoms with Crippen molar-refractivity contribution < 1.29 is 23.1 Å². The largest absolute Gasteiger partial charge is 0.548 e. The lowest BCUT2D eigenvalue weighted by Gasteiger charge is -2.19. The molecule has 3 rings (SSSR count). The predicted octanol–water partition coefficient (Wildman–Crippen LogP) is 0.816. The molecule has 0 spiro atoms. The highest BCUT2D eigenvalue weighted by Crippen LogP contribution is 2.20. The van der Waals surface area contributed by atoms with E-state index in [0.717, 1.165) is 10.9 Å². The lowest BCUT2D eigenvalue weighted by molar-refractivity contribution is -0.307. The van der Waals surface area contributed by atoms with Gasteiger partial charge in [-0.15, -0.1) is 0 Å². The van der Waals surface area contributed by atoms with Gasteiger partial charge in [0.25, 0.3) is 0 Å². The predicted molar refractivity (Wildman–Crippen MR) is 94.1 cm³/mol. The number of carbonyl (C=O) groups is 1. The zero-order valence-corrected chi connectivity index (χ0v) is 14.7. The van der Waals surface area contributed by atoms with Crippen molar-refractivity contribution >= 4 is 26.9 Å². The van der Waals surface area contributed by atoms with Crippen LogP contribution in [0, 0.1) is 0 Å². The van der Waals surface area contributed by atoms with Crippen LogP contribution in [0.4, 0.5) is 0 Å². The fourth-order valence-electron chi connectivity index (χ4n) is 2.70. The minimum Gasteiger partial charge on any atom is -0.548 e. The maximum atomic E-state index is 12.5. The van der Waals surface area contributed by atoms with Crippen LogP contribution in [-0.2, 0) is 21.2 Å². The van der Waals surface area contributed by atoms with Crippen LogP contribution in [-0.4, -0.2) is 32.5 Å². The number of nitrogens with one attached hydrogen (secondary N) is 2. The molecule has 0 saturated carbocycles. The fourth-order valence-corrected chi connectivity index (χ4v) is 3.89. The molecule has 3 aromatic rings. The minimum atomic E-state index is -4.02. The maximum absolute atomic E-state index is 12.5. The Bertz CT molecular complexity index is 1030. The number of carbonyl (C=O) groups excluding carboxylic acids is 1. The second-order valence-electron chi connectivity index (χ2n) is 5.73. The normalized spacial score (nSPS) is 12.8. The summed E-state index contributed by atoms with van der Waals surface area (Å²) in [5.74, 6) is -0.994. The van der Waals surface area contributed by atoms with Gasteiger partial charge in [0.05, 0.1) is 24.0 Å². The molecule has 26 heavy (non-hydrogen) atoms. The SMILES string of the molecule is COc1ccc(S(=O)(=O)N[C@@H](Cc2c[nH]c3ccccc23)C(=O)[O-])cc1. The van der Waals surface area contributed by atoms with Crippen LogP contribution >= 0.6 is 0 Å². The van der Waals surface area contributed by atoms with Crippen molar-refractivity contribution in [3.8, 4) is 5.75 Å². The third-order valence-electron chi connectivity index (χ3n) is 4.05. The molecule has 136 valence electrons. The molecule has 1 aromatic heterocycles. The van der Waals surface area contributed by atoms with E-state index in [1.165, 1.54) is 31.4 Å². The Labute approximate surface area is 150 Å². The van der Waals surface area contributed by atoms with Crippen LogP contribution in [0.15, 0.2) is 59.6 Å². The summed E-state index contributed by atoms with van der Waals surface area (Å²) in [5, 5.41) is 12.3. The number of methoxy groups -OCH3 is 1. The fraction of sp³-hybridized carbons (Fsp3) is 0.167. The first-order valence-corrected chi connectivity index (χ1v) is 9.31. The highest BCUT2D eigenvalue weighted by molar-refractivity contribution is 7.89. The Kier molecular flexibility index (Phi) is 4.97. The molecule has 0 bridgehead atoms. The second kappa shape index (κ2) is 7.19. The lowest BCUT2D eigenvalue weighted by Crippen LogP contribution is -2.49. The zero-order chi connectivity index (χ0) is 18.7. The number of carboxylic acid groups (broad SMARTS) is 1. The van der Waals surface area contributed by atoms with E-state index in [9.17, 15) is 18.3 Å². The number of aromatic amines is 1. The van der Waals surface area contributed by atoms with Crippen molar-refractivity contribution in [2.24, 2.45) is 0 Å². The van der Waals surface area contributed by atoms with Gasteiger partial charge in [0, 0.05) is 17.1 Å². The summed E-state index contributed by atoms with van der Waals surface area (Å²) < 4.78 is 32.2. The van der Waals surface area contributed by atoms with Gasteiger partial charge in [-0.1, -0.05) is 18.2 Å². The van der Waals surface area contributed by atoms with Gasteiger partial charge < -0.3 is 19.6 Å². The first-order chi connectivity index (χ1) is 12.4. The van der Waals surface area contributed by atoms with Gasteiger partial charge in [-0.3, -0.25) is 0 Å². The van der Waals surface area contributed by atoms with E-state index >= 15 is 0 Å². The molecular formula is C18H17N2O5S-. The standard InChI is InChI=1S/C18H18N2O5S/c1-25-13-6-8-14(9-7-13)26(23,24)20-17(18(21)22)10-12-11-19-16-5-3-2-4-15(12)16/h2-9,11,17,19-20H,10H2,1H3,(H,21,22)/p-1/t17-/m0/s1. The Morgan fingerprint density at radius 2 is 1.88 bits per heavy atom. The third-order valence-corrected chi connectivity index (χ3v) is 5.54. The molecule has 0 amide bonds. The summed E-state index contributed by atoms with van der Waals surface area (Å²) in [6.45, 7) is 0. The summed E-state index contributed by atoms with van der Waals surface area (Å²) in [4.78, 5) is 14.5. The van der Waals surface area contributed by atoms with Gasteiger partial charge in [0.2, 0.25) is 10.0 Å². The summed E-state index contributed by atoms with van der Waals surface area (Å²) in [7, 11) is -2.56. The quantitative estimate of drug-likeness (QED) is 0.637. The number of hydrogen-bond acceptors (Lipinski definition) is 5. The molecule has 1 heterocycles. The van der Waals surface area contributed by atoms with Crippen molar-refractivity contribution in [1.29, 1.82) is 0 Å². The van der Waals surface area contributed by atoms with E-state index in [4.69, 9.17) is 4.74 Å². The number of fused-ring (bicyclic) bond motifs is 1. The average molecular weight is 373 g/mol. The molecule has 0 unspecified atom stereocenters. The van der Waals surface area contributed by atoms with Crippen LogP contribution < -0.4 is 14.6 Å². The van der Waals surface area contributed by atoms with E-state index < -0.39 is 22.0 Å². The number of H-pyrrole nitrogens is 1. The van der Waals surface area contributed by atoms with Crippen molar-refractivity contribution in [3.05, 3.63) is 60.3 Å². The van der Waals surface area contributed by atoms with Gasteiger partial charge in [-0.2, -0.15) is 0 Å². The van der Waals surface area contributed by atoms with Gasteiger partial charge in [0.1, 0.15) is 5.75 Å². The number of carboxylic acids is 1. The van der Waals surface area contributed by atoms with Gasteiger partial charge in [0.15, 0.2) is 0 Å². The number of hydrogen-bond donors (Lipinski definition) is 2. The first kappa shape index (κ1) is 18.0. The third kappa shape index (κ3) is 3.71. The van der Waals surface area contributed by atoms with E-state index in [1.54, 1.807) is 6.20 Å². The van der Waals surface area contributed by atoms with Crippen LogP contribution in [0.2, 0.25) is 0 Å². The minimum absolute atomic E-state index is 0.0399. The molecule has 8 heteroatoms. The van der Waals surface area contributed by atoms with Gasteiger partial charge in [-0.25, -0.2) is 13.1 Å². The molecule has 0 aliphatic rings. The van der Waals surface area contributed by atoms with Crippen molar-refractivity contribution in [2.75, 3.05) is 7.11 Å². The lowest BCUT2D eigenvalue weighted by atomic mass is 10.1. The topological polar surface area (TPSA) is 111 Å². The molecule has 0 radical (unpaired) electrons. The Hall–Kier alpha value is -2.84. The molecule has 2 aromatic carbocycles. The number of benzene rings is 2. The molecule has 0 aliphatic heterocycles. The molecule has 0 aliphatic carbocycles. The number of rotatable bonds is 7. The highest BCUT2D eigenvalue weighted by Gasteiger charge is 2.22. The van der Waals surface area contributed by atoms with E-state index in [-0.39, 0.29) is 11.3 Å². The maximum Gasteiger partial charge on any atom is 0.241 e. The monoisotopic (exact) mass is 373 g/mol. The Morgan fingerprint density at radius 3 is 2.54 bits per heavy atom. The van der Waals surface area contributed by atoms with Gasteiger partial charge in [-0.05, 0) is 42.3 Å². The number of sulfonamides is 1. The average Bonchev–Trinajstić information content (AvgIpc) is 3.04. The smallest absolute Gasteiger partial charge is 0.241 e. The molecule has 0 fully saturated rings. The van der Waals surface area contributed by atoms with Crippen LogP contribution in [0.25, 0.3) is 10.9 Å². The van der Waals surface area contributed by atoms with Crippen molar-refractivity contribution in [3.63, 3.8) is 0 Å². The van der Waals surface area contributed by atoms with Gasteiger partial charge >= 0.3 is 0 Å². The molecule has 0 saturated heterocycles. The highest BCUT2D eigenvalue weighted by atomic mass is 32.2.